The van der Waals surface area contributed by atoms with Crippen LogP contribution in [0, 0.1) is 11.3 Å². The van der Waals surface area contributed by atoms with Gasteiger partial charge < -0.3 is 0 Å². The minimum atomic E-state index is 0.0398. The summed E-state index contributed by atoms with van der Waals surface area (Å²) in [6.07, 6.45) is 4.43. The Hall–Kier alpha value is -1.16. The Morgan fingerprint density at radius 2 is 1.68 bits per heavy atom. The molecule has 1 saturated carbocycles. The summed E-state index contributed by atoms with van der Waals surface area (Å²) in [5.41, 5.74) is 0.394. The molecular formula is C18H23BrN2O. The van der Waals surface area contributed by atoms with Gasteiger partial charge in [0, 0.05) is 5.39 Å². The molecule has 1 fully saturated rings. The summed E-state index contributed by atoms with van der Waals surface area (Å²) >= 11 is 3.52. The largest absolute Gasteiger partial charge is 0.274 e. The lowest BCUT2D eigenvalue weighted by molar-refractivity contribution is 0.146. The van der Waals surface area contributed by atoms with Crippen molar-refractivity contribution in [3.63, 3.8) is 0 Å². The fourth-order valence-corrected chi connectivity index (χ4v) is 4.12. The Morgan fingerprint density at radius 1 is 1.09 bits per heavy atom. The maximum Gasteiger partial charge on any atom is 0.274 e. The topological polar surface area (TPSA) is 34.9 Å². The third-order valence-corrected chi connectivity index (χ3v) is 5.64. The Labute approximate surface area is 139 Å². The molecule has 118 valence electrons. The van der Waals surface area contributed by atoms with Crippen LogP contribution in [0.5, 0.6) is 0 Å². The van der Waals surface area contributed by atoms with Crippen LogP contribution in [0.15, 0.2) is 33.7 Å². The molecule has 1 aliphatic rings. The SMILES string of the molecule is CC(C)(C)C1CCC(n2nc(Br)c3ccccc3c2=O)CC1. The highest BCUT2D eigenvalue weighted by Crippen LogP contribution is 2.41. The van der Waals surface area contributed by atoms with E-state index in [1.807, 2.05) is 24.3 Å². The van der Waals surface area contributed by atoms with Gasteiger partial charge in [0.1, 0.15) is 4.60 Å². The zero-order chi connectivity index (χ0) is 15.9. The molecule has 1 aromatic carbocycles. The number of rotatable bonds is 1. The fourth-order valence-electron chi connectivity index (χ4n) is 3.60. The molecule has 22 heavy (non-hydrogen) atoms. The average molecular weight is 363 g/mol. The summed E-state index contributed by atoms with van der Waals surface area (Å²) in [5, 5.41) is 6.18. The van der Waals surface area contributed by atoms with Gasteiger partial charge in [-0.25, -0.2) is 4.68 Å². The lowest BCUT2D eigenvalue weighted by Gasteiger charge is -2.37. The van der Waals surface area contributed by atoms with Crippen LogP contribution in [0.1, 0.15) is 52.5 Å². The van der Waals surface area contributed by atoms with Crippen LogP contribution in [0.4, 0.5) is 0 Å². The van der Waals surface area contributed by atoms with E-state index >= 15 is 0 Å². The summed E-state index contributed by atoms with van der Waals surface area (Å²) in [6.45, 7) is 6.94. The van der Waals surface area contributed by atoms with Gasteiger partial charge in [-0.1, -0.05) is 39.0 Å². The van der Waals surface area contributed by atoms with Crippen molar-refractivity contribution in [2.24, 2.45) is 11.3 Å². The van der Waals surface area contributed by atoms with E-state index in [0.29, 0.717) is 5.41 Å². The van der Waals surface area contributed by atoms with Gasteiger partial charge in [-0.15, -0.1) is 0 Å². The van der Waals surface area contributed by atoms with Crippen LogP contribution in [0.25, 0.3) is 10.8 Å². The normalized spacial score (nSPS) is 22.9. The highest BCUT2D eigenvalue weighted by atomic mass is 79.9. The first-order valence-electron chi connectivity index (χ1n) is 8.05. The predicted molar refractivity (Wildman–Crippen MR) is 94.2 cm³/mol. The van der Waals surface area contributed by atoms with E-state index < -0.39 is 0 Å². The van der Waals surface area contributed by atoms with Crippen LogP contribution < -0.4 is 5.56 Å². The van der Waals surface area contributed by atoms with E-state index in [2.05, 4.69) is 41.8 Å². The minimum Gasteiger partial charge on any atom is -0.267 e. The Bertz CT molecular complexity index is 737. The molecule has 3 nitrogen and oxygen atoms in total. The number of fused-ring (bicyclic) bond motifs is 1. The van der Waals surface area contributed by atoms with Gasteiger partial charge >= 0.3 is 0 Å². The molecule has 0 N–H and O–H groups in total. The van der Waals surface area contributed by atoms with Crippen molar-refractivity contribution in [3.8, 4) is 0 Å². The van der Waals surface area contributed by atoms with Gasteiger partial charge in [-0.2, -0.15) is 5.10 Å². The summed E-state index contributed by atoms with van der Waals surface area (Å²) in [6, 6.07) is 7.91. The Morgan fingerprint density at radius 3 is 2.27 bits per heavy atom. The van der Waals surface area contributed by atoms with E-state index in [4.69, 9.17) is 0 Å². The predicted octanol–water partition coefficient (Wildman–Crippen LogP) is 4.94. The van der Waals surface area contributed by atoms with Gasteiger partial charge in [0.2, 0.25) is 0 Å². The first kappa shape index (κ1) is 15.7. The standard InChI is InChI=1S/C18H23BrN2O/c1-18(2,3)12-8-10-13(11-9-12)21-17(22)15-7-5-4-6-14(15)16(19)20-21/h4-7,12-13H,8-11H2,1-3H3. The number of hydrogen-bond acceptors (Lipinski definition) is 2. The average Bonchev–Trinajstić information content (AvgIpc) is 2.50. The molecular weight excluding hydrogens is 340 g/mol. The maximum absolute atomic E-state index is 12.7. The third-order valence-electron chi connectivity index (χ3n) is 5.05. The summed E-state index contributed by atoms with van der Waals surface area (Å²) < 4.78 is 2.48. The van der Waals surface area contributed by atoms with Gasteiger partial charge in [0.05, 0.1) is 11.4 Å². The molecule has 4 heteroatoms. The fraction of sp³-hybridized carbons (Fsp3) is 0.556. The van der Waals surface area contributed by atoms with Gasteiger partial charge in [-0.05, 0) is 59.0 Å². The quantitative estimate of drug-likeness (QED) is 0.720. The molecule has 2 aromatic rings. The number of benzene rings is 1. The highest BCUT2D eigenvalue weighted by molar-refractivity contribution is 9.10. The molecule has 0 radical (unpaired) electrons. The van der Waals surface area contributed by atoms with Gasteiger partial charge in [0.15, 0.2) is 0 Å². The lowest BCUT2D eigenvalue weighted by Crippen LogP contribution is -2.33. The molecule has 1 heterocycles. The second-order valence-electron chi connectivity index (χ2n) is 7.46. The maximum atomic E-state index is 12.7. The molecule has 1 aromatic heterocycles. The second kappa shape index (κ2) is 5.80. The smallest absolute Gasteiger partial charge is 0.267 e. The van der Waals surface area contributed by atoms with E-state index in [-0.39, 0.29) is 11.6 Å². The van der Waals surface area contributed by atoms with Crippen LogP contribution in [0.2, 0.25) is 0 Å². The zero-order valence-electron chi connectivity index (χ0n) is 13.5. The molecule has 0 spiro atoms. The van der Waals surface area contributed by atoms with Crippen LogP contribution >= 0.6 is 15.9 Å². The molecule has 1 aliphatic carbocycles. The van der Waals surface area contributed by atoms with Crippen molar-refractivity contribution < 1.29 is 0 Å². The lowest BCUT2D eigenvalue weighted by atomic mass is 9.71. The van der Waals surface area contributed by atoms with Crippen molar-refractivity contribution in [1.82, 2.24) is 9.78 Å². The summed E-state index contributed by atoms with van der Waals surface area (Å²) in [5.74, 6) is 0.739. The first-order chi connectivity index (χ1) is 10.4. The number of halogens is 1. The van der Waals surface area contributed by atoms with Crippen LogP contribution in [0.3, 0.4) is 0 Å². The van der Waals surface area contributed by atoms with Crippen LogP contribution in [-0.4, -0.2) is 9.78 Å². The minimum absolute atomic E-state index is 0.0398. The number of nitrogens with zero attached hydrogens (tertiary/aromatic N) is 2. The molecule has 0 bridgehead atoms. The molecule has 0 amide bonds. The van der Waals surface area contributed by atoms with E-state index in [0.717, 1.165) is 34.1 Å². The van der Waals surface area contributed by atoms with E-state index in [9.17, 15) is 4.79 Å². The number of aromatic nitrogens is 2. The molecule has 0 saturated heterocycles. The van der Waals surface area contributed by atoms with Crippen molar-refractivity contribution in [2.45, 2.75) is 52.5 Å². The Balaban J connectivity index is 1.92. The zero-order valence-corrected chi connectivity index (χ0v) is 15.1. The molecule has 3 rings (SSSR count). The molecule has 0 unspecified atom stereocenters. The van der Waals surface area contributed by atoms with E-state index in [1.54, 1.807) is 4.68 Å². The Kier molecular flexibility index (Phi) is 4.15. The number of hydrogen-bond donors (Lipinski definition) is 0. The summed E-state index contributed by atoms with van der Waals surface area (Å²) in [7, 11) is 0. The van der Waals surface area contributed by atoms with Gasteiger partial charge in [-0.3, -0.25) is 4.79 Å². The van der Waals surface area contributed by atoms with Gasteiger partial charge in [0.25, 0.3) is 5.56 Å². The molecule has 0 atom stereocenters. The third kappa shape index (κ3) is 2.85. The monoisotopic (exact) mass is 362 g/mol. The summed E-state index contributed by atoms with van der Waals surface area (Å²) in [4.78, 5) is 12.7. The van der Waals surface area contributed by atoms with Crippen molar-refractivity contribution in [1.29, 1.82) is 0 Å². The van der Waals surface area contributed by atoms with E-state index in [1.165, 1.54) is 12.8 Å². The first-order valence-corrected chi connectivity index (χ1v) is 8.84. The highest BCUT2D eigenvalue weighted by Gasteiger charge is 2.31. The van der Waals surface area contributed by atoms with Crippen molar-refractivity contribution in [2.75, 3.05) is 0 Å². The van der Waals surface area contributed by atoms with Crippen LogP contribution in [-0.2, 0) is 0 Å². The van der Waals surface area contributed by atoms with Crippen molar-refractivity contribution >= 4 is 26.7 Å². The van der Waals surface area contributed by atoms with Crippen molar-refractivity contribution in [3.05, 3.63) is 39.2 Å². The second-order valence-corrected chi connectivity index (χ2v) is 8.21. The molecule has 0 aliphatic heterocycles.